The molecule has 0 amide bonds. The molecule has 1 aromatic rings. The average molecular weight is 259 g/mol. The van der Waals surface area contributed by atoms with Crippen LogP contribution in [-0.4, -0.2) is 5.78 Å². The standard InChI is InChI=1S/C10H11BrOS/c11-9-3-4-13-10(9)6-7-1-2-8(12)5-7/h3-4,7H,1-2,5-6H2. The van der Waals surface area contributed by atoms with E-state index >= 15 is 0 Å². The second-order valence-electron chi connectivity index (χ2n) is 3.54. The number of ketones is 1. The molecule has 1 nitrogen and oxygen atoms in total. The summed E-state index contributed by atoms with van der Waals surface area (Å²) in [6, 6.07) is 2.08. The zero-order chi connectivity index (χ0) is 9.26. The number of carbonyl (C=O) groups is 1. The van der Waals surface area contributed by atoms with Crippen LogP contribution >= 0.6 is 27.3 Å². The van der Waals surface area contributed by atoms with Gasteiger partial charge in [-0.25, -0.2) is 0 Å². The maximum absolute atomic E-state index is 11.1. The Morgan fingerprint density at radius 3 is 3.00 bits per heavy atom. The van der Waals surface area contributed by atoms with Gasteiger partial charge in [-0.05, 0) is 46.1 Å². The molecule has 1 fully saturated rings. The topological polar surface area (TPSA) is 17.1 Å². The lowest BCUT2D eigenvalue weighted by atomic mass is 10.0. The molecule has 1 saturated carbocycles. The first kappa shape index (κ1) is 9.41. The fraction of sp³-hybridized carbons (Fsp3) is 0.500. The molecule has 1 heterocycles. The lowest BCUT2D eigenvalue weighted by Crippen LogP contribution is -1.98. The fourth-order valence-corrected chi connectivity index (χ4v) is 3.43. The van der Waals surface area contributed by atoms with Crippen molar-refractivity contribution in [3.05, 3.63) is 20.8 Å². The molecule has 1 atom stereocenters. The molecule has 1 unspecified atom stereocenters. The van der Waals surface area contributed by atoms with Crippen molar-refractivity contribution in [3.8, 4) is 0 Å². The summed E-state index contributed by atoms with van der Waals surface area (Å²) >= 11 is 5.29. The van der Waals surface area contributed by atoms with E-state index in [0.29, 0.717) is 11.7 Å². The minimum Gasteiger partial charge on any atom is -0.300 e. The van der Waals surface area contributed by atoms with Gasteiger partial charge in [0, 0.05) is 22.2 Å². The Morgan fingerprint density at radius 2 is 2.46 bits per heavy atom. The van der Waals surface area contributed by atoms with E-state index in [2.05, 4.69) is 27.4 Å². The predicted octanol–water partition coefficient (Wildman–Crippen LogP) is 3.42. The number of hydrogen-bond acceptors (Lipinski definition) is 2. The highest BCUT2D eigenvalue weighted by Crippen LogP contribution is 2.31. The van der Waals surface area contributed by atoms with Crippen LogP contribution in [0.5, 0.6) is 0 Å². The maximum Gasteiger partial charge on any atom is 0.133 e. The molecule has 13 heavy (non-hydrogen) atoms. The molecule has 1 aliphatic rings. The van der Waals surface area contributed by atoms with Gasteiger partial charge in [-0.3, -0.25) is 4.79 Å². The largest absolute Gasteiger partial charge is 0.300 e. The lowest BCUT2D eigenvalue weighted by molar-refractivity contribution is -0.117. The van der Waals surface area contributed by atoms with Crippen molar-refractivity contribution in [2.75, 3.05) is 0 Å². The summed E-state index contributed by atoms with van der Waals surface area (Å²) in [5.41, 5.74) is 0. The van der Waals surface area contributed by atoms with E-state index in [-0.39, 0.29) is 0 Å². The van der Waals surface area contributed by atoms with Crippen LogP contribution in [0.15, 0.2) is 15.9 Å². The molecular formula is C10H11BrOS. The van der Waals surface area contributed by atoms with Crippen LogP contribution in [0.1, 0.15) is 24.1 Å². The zero-order valence-electron chi connectivity index (χ0n) is 7.25. The maximum atomic E-state index is 11.1. The van der Waals surface area contributed by atoms with Crippen LogP contribution < -0.4 is 0 Å². The van der Waals surface area contributed by atoms with Crippen LogP contribution in [0, 0.1) is 5.92 Å². The molecule has 2 rings (SSSR count). The number of carbonyl (C=O) groups excluding carboxylic acids is 1. The molecule has 0 saturated heterocycles. The predicted molar refractivity (Wildman–Crippen MR) is 58.1 cm³/mol. The van der Waals surface area contributed by atoms with Gasteiger partial charge in [0.2, 0.25) is 0 Å². The molecule has 1 aliphatic carbocycles. The van der Waals surface area contributed by atoms with E-state index in [1.54, 1.807) is 11.3 Å². The molecule has 0 aliphatic heterocycles. The van der Waals surface area contributed by atoms with Gasteiger partial charge in [-0.2, -0.15) is 0 Å². The van der Waals surface area contributed by atoms with Gasteiger partial charge in [0.25, 0.3) is 0 Å². The van der Waals surface area contributed by atoms with Crippen molar-refractivity contribution in [3.63, 3.8) is 0 Å². The summed E-state index contributed by atoms with van der Waals surface area (Å²) in [7, 11) is 0. The van der Waals surface area contributed by atoms with Crippen molar-refractivity contribution in [1.29, 1.82) is 0 Å². The third-order valence-corrected chi connectivity index (χ3v) is 4.46. The first-order chi connectivity index (χ1) is 6.25. The Kier molecular flexibility index (Phi) is 2.84. The minimum absolute atomic E-state index is 0.442. The number of thiophene rings is 1. The van der Waals surface area contributed by atoms with Gasteiger partial charge in [0.05, 0.1) is 0 Å². The summed E-state index contributed by atoms with van der Waals surface area (Å²) in [5.74, 6) is 1.04. The highest BCUT2D eigenvalue weighted by molar-refractivity contribution is 9.10. The average Bonchev–Trinajstić information content (AvgIpc) is 2.64. The van der Waals surface area contributed by atoms with Gasteiger partial charge < -0.3 is 0 Å². The van der Waals surface area contributed by atoms with Crippen molar-refractivity contribution in [1.82, 2.24) is 0 Å². The second-order valence-corrected chi connectivity index (χ2v) is 5.40. The molecule has 1 aromatic heterocycles. The van der Waals surface area contributed by atoms with E-state index in [1.807, 2.05) is 0 Å². The number of hydrogen-bond donors (Lipinski definition) is 0. The van der Waals surface area contributed by atoms with Crippen molar-refractivity contribution in [2.24, 2.45) is 5.92 Å². The Labute approximate surface area is 90.3 Å². The van der Waals surface area contributed by atoms with E-state index in [4.69, 9.17) is 0 Å². The Morgan fingerprint density at radius 1 is 1.62 bits per heavy atom. The Balaban J connectivity index is 1.99. The normalized spacial score (nSPS) is 22.5. The van der Waals surface area contributed by atoms with Gasteiger partial charge in [0.15, 0.2) is 0 Å². The zero-order valence-corrected chi connectivity index (χ0v) is 9.66. The van der Waals surface area contributed by atoms with Crippen molar-refractivity contribution >= 4 is 33.0 Å². The molecule has 70 valence electrons. The number of rotatable bonds is 2. The van der Waals surface area contributed by atoms with Gasteiger partial charge in [0.1, 0.15) is 5.78 Å². The monoisotopic (exact) mass is 258 g/mol. The third-order valence-electron chi connectivity index (χ3n) is 2.51. The van der Waals surface area contributed by atoms with Crippen LogP contribution in [0.4, 0.5) is 0 Å². The molecule has 0 aromatic carbocycles. The second kappa shape index (κ2) is 3.93. The lowest BCUT2D eigenvalue weighted by Gasteiger charge is -2.05. The van der Waals surface area contributed by atoms with Crippen LogP contribution in [0.3, 0.4) is 0 Å². The first-order valence-corrected chi connectivity index (χ1v) is 6.16. The third kappa shape index (κ3) is 2.20. The summed E-state index contributed by atoms with van der Waals surface area (Å²) in [6.45, 7) is 0. The van der Waals surface area contributed by atoms with Crippen molar-refractivity contribution < 1.29 is 4.79 Å². The molecule has 0 N–H and O–H groups in total. The smallest absolute Gasteiger partial charge is 0.133 e. The summed E-state index contributed by atoms with van der Waals surface area (Å²) in [4.78, 5) is 12.4. The van der Waals surface area contributed by atoms with E-state index in [9.17, 15) is 4.79 Å². The van der Waals surface area contributed by atoms with Crippen molar-refractivity contribution in [2.45, 2.75) is 25.7 Å². The van der Waals surface area contributed by atoms with Gasteiger partial charge in [-0.1, -0.05) is 0 Å². The molecule has 0 bridgehead atoms. The van der Waals surface area contributed by atoms with E-state index in [0.717, 1.165) is 25.7 Å². The SMILES string of the molecule is O=C1CCC(Cc2sccc2Br)C1. The summed E-state index contributed by atoms with van der Waals surface area (Å²) in [5, 5.41) is 2.09. The van der Waals surface area contributed by atoms with E-state index < -0.39 is 0 Å². The molecule has 0 radical (unpaired) electrons. The molecule has 0 spiro atoms. The Bertz CT molecular complexity index is 318. The fourth-order valence-electron chi connectivity index (χ4n) is 1.80. The van der Waals surface area contributed by atoms with Gasteiger partial charge in [-0.15, -0.1) is 11.3 Å². The summed E-state index contributed by atoms with van der Waals surface area (Å²) in [6.07, 6.45) is 3.76. The van der Waals surface area contributed by atoms with Crippen LogP contribution in [0.25, 0.3) is 0 Å². The highest BCUT2D eigenvalue weighted by atomic mass is 79.9. The quantitative estimate of drug-likeness (QED) is 0.795. The van der Waals surface area contributed by atoms with E-state index in [1.165, 1.54) is 9.35 Å². The highest BCUT2D eigenvalue weighted by Gasteiger charge is 2.22. The first-order valence-electron chi connectivity index (χ1n) is 4.49. The Hall–Kier alpha value is -0.150. The minimum atomic E-state index is 0.442. The number of Topliss-reactive ketones (excluding diaryl/α,β-unsaturated/α-hetero) is 1. The molecular weight excluding hydrogens is 248 g/mol. The number of halogens is 1. The molecule has 3 heteroatoms. The summed E-state index contributed by atoms with van der Waals surface area (Å²) < 4.78 is 1.21. The van der Waals surface area contributed by atoms with Gasteiger partial charge >= 0.3 is 0 Å². The van der Waals surface area contributed by atoms with Crippen LogP contribution in [-0.2, 0) is 11.2 Å². The van der Waals surface area contributed by atoms with Crippen LogP contribution in [0.2, 0.25) is 0 Å².